The highest BCUT2D eigenvalue weighted by molar-refractivity contribution is 6.30. The standard InChI is InChI=1S/C18H17ClN4O3/c19-11-3-1-4-12(9-11)22-17(16-5-2-8-20-16)21-15-7-6-13(23(25)26)10-14(15)18(22)24/h4,6-7,9-10,16,20H,1-3,5,8H2. The molecule has 1 aliphatic heterocycles. The van der Waals surface area contributed by atoms with Gasteiger partial charge in [-0.05, 0) is 44.4 Å². The second-order valence-electron chi connectivity index (χ2n) is 6.48. The Morgan fingerprint density at radius 3 is 2.92 bits per heavy atom. The van der Waals surface area contributed by atoms with Crippen LogP contribution in [0.3, 0.4) is 0 Å². The first-order chi connectivity index (χ1) is 12.5. The SMILES string of the molecule is O=c1c2cc([N+](=O)[O-])ccc2nc(C2CCCN2)n1C1=CCCC(Cl)=C1. The summed E-state index contributed by atoms with van der Waals surface area (Å²) in [6.45, 7) is 0.870. The van der Waals surface area contributed by atoms with Gasteiger partial charge in [-0.1, -0.05) is 17.7 Å². The third kappa shape index (κ3) is 2.93. The van der Waals surface area contributed by atoms with Gasteiger partial charge in [0, 0.05) is 22.9 Å². The molecule has 1 unspecified atom stereocenters. The molecular weight excluding hydrogens is 356 g/mol. The summed E-state index contributed by atoms with van der Waals surface area (Å²) in [6, 6.07) is 4.18. The Morgan fingerprint density at radius 2 is 2.23 bits per heavy atom. The number of rotatable bonds is 3. The Bertz CT molecular complexity index is 1020. The summed E-state index contributed by atoms with van der Waals surface area (Å²) in [7, 11) is 0. The molecule has 4 rings (SSSR count). The number of fused-ring (bicyclic) bond motifs is 1. The van der Waals surface area contributed by atoms with Crippen LogP contribution in [-0.2, 0) is 0 Å². The number of aromatic nitrogens is 2. The molecule has 1 atom stereocenters. The minimum atomic E-state index is -0.508. The smallest absolute Gasteiger partial charge is 0.270 e. The van der Waals surface area contributed by atoms with E-state index in [-0.39, 0.29) is 22.7 Å². The molecule has 8 heteroatoms. The molecule has 0 radical (unpaired) electrons. The number of allylic oxidation sites excluding steroid dienone is 4. The van der Waals surface area contributed by atoms with Crippen molar-refractivity contribution in [2.45, 2.75) is 31.7 Å². The predicted molar refractivity (Wildman–Crippen MR) is 100 cm³/mol. The molecule has 0 bridgehead atoms. The fourth-order valence-electron chi connectivity index (χ4n) is 3.50. The quantitative estimate of drug-likeness (QED) is 0.658. The topological polar surface area (TPSA) is 90.1 Å². The molecule has 0 saturated carbocycles. The molecule has 0 amide bonds. The van der Waals surface area contributed by atoms with E-state index in [0.29, 0.717) is 22.1 Å². The van der Waals surface area contributed by atoms with Gasteiger partial charge in [0.1, 0.15) is 5.82 Å². The van der Waals surface area contributed by atoms with Crippen molar-refractivity contribution in [3.8, 4) is 0 Å². The number of non-ortho nitro benzene ring substituents is 1. The zero-order valence-corrected chi connectivity index (χ0v) is 14.7. The number of halogens is 1. The minimum Gasteiger partial charge on any atom is -0.307 e. The van der Waals surface area contributed by atoms with E-state index in [2.05, 4.69) is 10.3 Å². The molecule has 0 spiro atoms. The van der Waals surface area contributed by atoms with Crippen LogP contribution in [0.15, 0.2) is 40.2 Å². The fraction of sp³-hybridized carbons (Fsp3) is 0.333. The van der Waals surface area contributed by atoms with Gasteiger partial charge in [-0.15, -0.1) is 0 Å². The molecule has 2 aromatic rings. The van der Waals surface area contributed by atoms with Crippen LogP contribution in [-0.4, -0.2) is 21.0 Å². The van der Waals surface area contributed by atoms with Gasteiger partial charge >= 0.3 is 0 Å². The molecule has 26 heavy (non-hydrogen) atoms. The van der Waals surface area contributed by atoms with Crippen molar-refractivity contribution in [1.82, 2.24) is 14.9 Å². The summed E-state index contributed by atoms with van der Waals surface area (Å²) >= 11 is 6.19. The maximum absolute atomic E-state index is 13.2. The highest BCUT2D eigenvalue weighted by atomic mass is 35.5. The Labute approximate surface area is 154 Å². The van der Waals surface area contributed by atoms with Crippen LogP contribution in [0.1, 0.15) is 37.5 Å². The van der Waals surface area contributed by atoms with Crippen LogP contribution in [0.5, 0.6) is 0 Å². The van der Waals surface area contributed by atoms with Crippen LogP contribution >= 0.6 is 11.6 Å². The number of nitrogens with zero attached hydrogens (tertiary/aromatic N) is 3. The van der Waals surface area contributed by atoms with Gasteiger partial charge < -0.3 is 5.32 Å². The van der Waals surface area contributed by atoms with Crippen LogP contribution in [0, 0.1) is 10.1 Å². The Kier molecular flexibility index (Phi) is 4.34. The van der Waals surface area contributed by atoms with Crippen molar-refractivity contribution in [3.63, 3.8) is 0 Å². The third-order valence-corrected chi connectivity index (χ3v) is 5.06. The molecule has 1 aromatic carbocycles. The third-order valence-electron chi connectivity index (χ3n) is 4.76. The lowest BCUT2D eigenvalue weighted by molar-refractivity contribution is -0.384. The summed E-state index contributed by atoms with van der Waals surface area (Å²) in [6.07, 6.45) is 7.10. The van der Waals surface area contributed by atoms with E-state index in [0.717, 1.165) is 32.2 Å². The first-order valence-corrected chi connectivity index (χ1v) is 8.93. The molecule has 1 saturated heterocycles. The van der Waals surface area contributed by atoms with E-state index in [1.165, 1.54) is 18.2 Å². The lowest BCUT2D eigenvalue weighted by atomic mass is 10.1. The largest absolute Gasteiger partial charge is 0.307 e. The summed E-state index contributed by atoms with van der Waals surface area (Å²) in [4.78, 5) is 28.5. The lowest BCUT2D eigenvalue weighted by Crippen LogP contribution is -2.29. The average molecular weight is 373 g/mol. The predicted octanol–water partition coefficient (Wildman–Crippen LogP) is 3.49. The number of nitro benzene ring substituents is 1. The molecule has 7 nitrogen and oxygen atoms in total. The second kappa shape index (κ2) is 6.66. The van der Waals surface area contributed by atoms with Gasteiger partial charge in [0.15, 0.2) is 0 Å². The summed E-state index contributed by atoms with van der Waals surface area (Å²) in [5, 5.41) is 15.4. The monoisotopic (exact) mass is 372 g/mol. The minimum absolute atomic E-state index is 0.0303. The second-order valence-corrected chi connectivity index (χ2v) is 6.96. The number of nitro groups is 1. The number of nitrogens with one attached hydrogen (secondary N) is 1. The molecule has 134 valence electrons. The van der Waals surface area contributed by atoms with Gasteiger partial charge in [0.2, 0.25) is 0 Å². The normalized spacial score (nSPS) is 20.1. The summed E-state index contributed by atoms with van der Waals surface area (Å²) in [5.74, 6) is 0.628. The Balaban J connectivity index is 2.00. The Morgan fingerprint density at radius 1 is 1.38 bits per heavy atom. The van der Waals surface area contributed by atoms with Gasteiger partial charge in [-0.25, -0.2) is 4.98 Å². The van der Waals surface area contributed by atoms with Gasteiger partial charge in [0.05, 0.1) is 21.9 Å². The first kappa shape index (κ1) is 16.9. The van der Waals surface area contributed by atoms with Crippen molar-refractivity contribution < 1.29 is 4.92 Å². The number of hydrogen-bond donors (Lipinski definition) is 1. The molecule has 2 heterocycles. The zero-order chi connectivity index (χ0) is 18.3. The van der Waals surface area contributed by atoms with Crippen molar-refractivity contribution >= 4 is 33.9 Å². The number of benzene rings is 1. The fourth-order valence-corrected chi connectivity index (χ4v) is 3.72. The molecule has 2 aliphatic rings. The van der Waals surface area contributed by atoms with Crippen molar-refractivity contribution in [1.29, 1.82) is 0 Å². The average Bonchev–Trinajstić information content (AvgIpc) is 3.15. The van der Waals surface area contributed by atoms with E-state index in [9.17, 15) is 14.9 Å². The van der Waals surface area contributed by atoms with Gasteiger partial charge in [-0.2, -0.15) is 0 Å². The van der Waals surface area contributed by atoms with Crippen molar-refractivity contribution in [2.24, 2.45) is 0 Å². The Hall–Kier alpha value is -2.51. The molecular formula is C18H17ClN4O3. The van der Waals surface area contributed by atoms with Gasteiger partial charge in [0.25, 0.3) is 11.2 Å². The molecule has 1 fully saturated rings. The maximum atomic E-state index is 13.2. The van der Waals surface area contributed by atoms with E-state index in [1.807, 2.05) is 6.08 Å². The highest BCUT2D eigenvalue weighted by Crippen LogP contribution is 2.29. The highest BCUT2D eigenvalue weighted by Gasteiger charge is 2.25. The van der Waals surface area contributed by atoms with Crippen LogP contribution in [0.25, 0.3) is 16.6 Å². The summed E-state index contributed by atoms with van der Waals surface area (Å²) in [5.41, 5.74) is 0.708. The maximum Gasteiger partial charge on any atom is 0.270 e. The van der Waals surface area contributed by atoms with E-state index < -0.39 is 4.92 Å². The first-order valence-electron chi connectivity index (χ1n) is 8.55. The lowest BCUT2D eigenvalue weighted by Gasteiger charge is -2.20. The van der Waals surface area contributed by atoms with E-state index in [1.54, 1.807) is 10.6 Å². The van der Waals surface area contributed by atoms with Crippen molar-refractivity contribution in [3.05, 3.63) is 61.7 Å². The van der Waals surface area contributed by atoms with E-state index >= 15 is 0 Å². The van der Waals surface area contributed by atoms with Crippen LogP contribution in [0.4, 0.5) is 5.69 Å². The summed E-state index contributed by atoms with van der Waals surface area (Å²) < 4.78 is 1.55. The number of hydrogen-bond acceptors (Lipinski definition) is 5. The van der Waals surface area contributed by atoms with E-state index in [4.69, 9.17) is 11.6 Å². The van der Waals surface area contributed by atoms with Crippen LogP contribution < -0.4 is 10.9 Å². The zero-order valence-electron chi connectivity index (χ0n) is 13.9. The molecule has 1 aliphatic carbocycles. The van der Waals surface area contributed by atoms with Gasteiger partial charge in [-0.3, -0.25) is 19.5 Å². The molecule has 1 aromatic heterocycles. The van der Waals surface area contributed by atoms with Crippen LogP contribution in [0.2, 0.25) is 0 Å². The van der Waals surface area contributed by atoms with Crippen molar-refractivity contribution in [2.75, 3.05) is 6.54 Å². The molecule has 1 N–H and O–H groups in total.